The summed E-state index contributed by atoms with van der Waals surface area (Å²) in [5.74, 6) is 1.35. The van der Waals surface area contributed by atoms with E-state index in [2.05, 4.69) is 5.32 Å². The lowest BCUT2D eigenvalue weighted by Gasteiger charge is -2.29. The summed E-state index contributed by atoms with van der Waals surface area (Å²) in [6.45, 7) is 0.451. The molecule has 7 nitrogen and oxygen atoms in total. The van der Waals surface area contributed by atoms with Gasteiger partial charge in [0, 0.05) is 18.2 Å². The molecular formula is C27H34N2O5. The lowest BCUT2D eigenvalue weighted by atomic mass is 9.99. The van der Waals surface area contributed by atoms with E-state index in [4.69, 9.17) is 14.2 Å². The number of amides is 2. The van der Waals surface area contributed by atoms with Gasteiger partial charge in [-0.15, -0.1) is 0 Å². The zero-order valence-electron chi connectivity index (χ0n) is 20.3. The summed E-state index contributed by atoms with van der Waals surface area (Å²) < 4.78 is 16.6. The molecule has 1 atom stereocenters. The molecule has 2 amide bonds. The predicted octanol–water partition coefficient (Wildman–Crippen LogP) is 4.64. The highest BCUT2D eigenvalue weighted by molar-refractivity contribution is 5.99. The van der Waals surface area contributed by atoms with Gasteiger partial charge in [-0.1, -0.05) is 43.9 Å². The number of nitrogens with zero attached hydrogens (tertiary/aromatic N) is 1. The molecule has 0 unspecified atom stereocenters. The first-order valence-electron chi connectivity index (χ1n) is 12.0. The van der Waals surface area contributed by atoms with E-state index in [0.717, 1.165) is 36.8 Å². The van der Waals surface area contributed by atoms with Crippen LogP contribution in [0.4, 0.5) is 0 Å². The maximum absolute atomic E-state index is 13.4. The van der Waals surface area contributed by atoms with Crippen LogP contribution in [0, 0.1) is 0 Å². The molecule has 2 aliphatic rings. The van der Waals surface area contributed by atoms with Crippen LogP contribution in [0.1, 0.15) is 72.5 Å². The fraction of sp³-hybridized carbons (Fsp3) is 0.481. The highest BCUT2D eigenvalue weighted by atomic mass is 16.5. The second kappa shape index (κ2) is 10.8. The van der Waals surface area contributed by atoms with Crippen LogP contribution in [0.3, 0.4) is 0 Å². The lowest BCUT2D eigenvalue weighted by Crippen LogP contribution is -2.38. The normalized spacial score (nSPS) is 17.0. The Morgan fingerprint density at radius 1 is 1.00 bits per heavy atom. The summed E-state index contributed by atoms with van der Waals surface area (Å²) in [6, 6.07) is 11.0. The molecule has 7 heteroatoms. The van der Waals surface area contributed by atoms with Gasteiger partial charge in [-0.25, -0.2) is 0 Å². The van der Waals surface area contributed by atoms with Crippen LogP contribution in [-0.4, -0.2) is 44.1 Å². The standard InChI is InChI=1S/C27H34N2O5/c1-32-23-14-19(15-24(33-2)26(23)34-3)22(16-25(30)28-20-11-6-4-5-7-12-20)29-17-18-10-8-9-13-21(18)27(29)31/h8-10,13-15,20,22H,4-7,11-12,16-17H2,1-3H3,(H,28,30)/t22-/m1/s1. The van der Waals surface area contributed by atoms with Gasteiger partial charge in [0.2, 0.25) is 11.7 Å². The second-order valence-corrected chi connectivity index (χ2v) is 9.02. The maximum Gasteiger partial charge on any atom is 0.255 e. The number of rotatable bonds is 8. The topological polar surface area (TPSA) is 77.1 Å². The number of benzene rings is 2. The second-order valence-electron chi connectivity index (χ2n) is 9.02. The van der Waals surface area contributed by atoms with Gasteiger partial charge < -0.3 is 24.4 Å². The van der Waals surface area contributed by atoms with E-state index in [1.165, 1.54) is 12.8 Å². The van der Waals surface area contributed by atoms with Crippen LogP contribution >= 0.6 is 0 Å². The number of hydrogen-bond donors (Lipinski definition) is 1. The van der Waals surface area contributed by atoms with Crippen molar-refractivity contribution in [3.63, 3.8) is 0 Å². The number of methoxy groups -OCH3 is 3. The summed E-state index contributed by atoms with van der Waals surface area (Å²) in [5.41, 5.74) is 2.42. The van der Waals surface area contributed by atoms with Crippen molar-refractivity contribution in [3.8, 4) is 17.2 Å². The SMILES string of the molecule is COc1cc([C@@H](CC(=O)NC2CCCCCC2)N2Cc3ccccc3C2=O)cc(OC)c1OC. The molecule has 1 N–H and O–H groups in total. The van der Waals surface area contributed by atoms with Gasteiger partial charge in [0.15, 0.2) is 11.5 Å². The monoisotopic (exact) mass is 466 g/mol. The zero-order chi connectivity index (χ0) is 24.1. The summed E-state index contributed by atoms with van der Waals surface area (Å²) >= 11 is 0. The van der Waals surface area contributed by atoms with Gasteiger partial charge >= 0.3 is 0 Å². The zero-order valence-corrected chi connectivity index (χ0v) is 20.3. The van der Waals surface area contributed by atoms with Gasteiger partial charge in [0.05, 0.1) is 33.8 Å². The molecule has 0 bridgehead atoms. The average molecular weight is 467 g/mol. The van der Waals surface area contributed by atoms with E-state index in [-0.39, 0.29) is 24.3 Å². The van der Waals surface area contributed by atoms with E-state index in [1.54, 1.807) is 26.2 Å². The Balaban J connectivity index is 1.66. The molecule has 182 valence electrons. The molecule has 2 aromatic rings. The van der Waals surface area contributed by atoms with Crippen molar-refractivity contribution in [1.29, 1.82) is 0 Å². The molecule has 1 aliphatic carbocycles. The van der Waals surface area contributed by atoms with Crippen molar-refractivity contribution in [2.24, 2.45) is 0 Å². The van der Waals surface area contributed by atoms with Crippen LogP contribution in [0.5, 0.6) is 17.2 Å². The molecule has 1 aliphatic heterocycles. The van der Waals surface area contributed by atoms with Crippen molar-refractivity contribution in [1.82, 2.24) is 10.2 Å². The summed E-state index contributed by atoms with van der Waals surface area (Å²) in [6.07, 6.45) is 6.91. The fourth-order valence-electron chi connectivity index (χ4n) is 5.12. The molecule has 4 rings (SSSR count). The third-order valence-corrected chi connectivity index (χ3v) is 6.90. The van der Waals surface area contributed by atoms with Crippen molar-refractivity contribution < 1.29 is 23.8 Å². The first-order chi connectivity index (χ1) is 16.5. The van der Waals surface area contributed by atoms with E-state index in [1.807, 2.05) is 36.4 Å². The van der Waals surface area contributed by atoms with Crippen LogP contribution in [0.2, 0.25) is 0 Å². The smallest absolute Gasteiger partial charge is 0.255 e. The Kier molecular flexibility index (Phi) is 7.60. The van der Waals surface area contributed by atoms with Crippen LogP contribution in [0.25, 0.3) is 0 Å². The summed E-state index contributed by atoms with van der Waals surface area (Å²) in [7, 11) is 4.68. The Morgan fingerprint density at radius 2 is 1.65 bits per heavy atom. The summed E-state index contributed by atoms with van der Waals surface area (Å²) in [5, 5.41) is 3.23. The van der Waals surface area contributed by atoms with E-state index in [9.17, 15) is 9.59 Å². The molecule has 0 saturated heterocycles. The molecule has 1 saturated carbocycles. The maximum atomic E-state index is 13.4. The van der Waals surface area contributed by atoms with Gasteiger partial charge in [-0.2, -0.15) is 0 Å². The van der Waals surface area contributed by atoms with Crippen molar-refractivity contribution in [2.75, 3.05) is 21.3 Å². The quantitative estimate of drug-likeness (QED) is 0.574. The molecule has 1 heterocycles. The van der Waals surface area contributed by atoms with Gasteiger partial charge in [0.1, 0.15) is 0 Å². The van der Waals surface area contributed by atoms with Crippen molar-refractivity contribution >= 4 is 11.8 Å². The van der Waals surface area contributed by atoms with E-state index < -0.39 is 6.04 Å². The van der Waals surface area contributed by atoms with Gasteiger partial charge in [0.25, 0.3) is 5.91 Å². The number of carbonyl (C=O) groups excluding carboxylic acids is 2. The Morgan fingerprint density at radius 3 is 2.24 bits per heavy atom. The van der Waals surface area contributed by atoms with Crippen LogP contribution in [0.15, 0.2) is 36.4 Å². The largest absolute Gasteiger partial charge is 0.493 e. The van der Waals surface area contributed by atoms with Crippen molar-refractivity contribution in [3.05, 3.63) is 53.1 Å². The number of ether oxygens (including phenoxy) is 3. The highest BCUT2D eigenvalue weighted by Crippen LogP contribution is 2.43. The first-order valence-corrected chi connectivity index (χ1v) is 12.0. The van der Waals surface area contributed by atoms with E-state index >= 15 is 0 Å². The molecular weight excluding hydrogens is 432 g/mol. The molecule has 34 heavy (non-hydrogen) atoms. The Bertz CT molecular complexity index is 1000. The number of nitrogens with one attached hydrogen (secondary N) is 1. The van der Waals surface area contributed by atoms with Gasteiger partial charge in [-0.3, -0.25) is 9.59 Å². The van der Waals surface area contributed by atoms with Crippen LogP contribution in [-0.2, 0) is 11.3 Å². The lowest BCUT2D eigenvalue weighted by molar-refractivity contribution is -0.123. The average Bonchev–Trinajstić information content (AvgIpc) is 3.00. The van der Waals surface area contributed by atoms with Gasteiger partial charge in [-0.05, 0) is 42.2 Å². The van der Waals surface area contributed by atoms with Crippen molar-refractivity contribution in [2.45, 2.75) is 63.6 Å². The first kappa shape index (κ1) is 23.9. The number of carbonyl (C=O) groups is 2. The molecule has 1 fully saturated rings. The fourth-order valence-corrected chi connectivity index (χ4v) is 5.12. The minimum Gasteiger partial charge on any atom is -0.493 e. The number of fused-ring (bicyclic) bond motifs is 1. The Labute approximate surface area is 201 Å². The highest BCUT2D eigenvalue weighted by Gasteiger charge is 2.35. The third kappa shape index (κ3) is 4.98. The minimum atomic E-state index is -0.473. The molecule has 0 spiro atoms. The molecule has 0 aromatic heterocycles. The Hall–Kier alpha value is -3.22. The third-order valence-electron chi connectivity index (χ3n) is 6.90. The minimum absolute atomic E-state index is 0.0468. The predicted molar refractivity (Wildman–Crippen MR) is 129 cm³/mol. The van der Waals surface area contributed by atoms with E-state index in [0.29, 0.717) is 29.4 Å². The summed E-state index contributed by atoms with van der Waals surface area (Å²) in [4.78, 5) is 28.4. The molecule has 0 radical (unpaired) electrons. The van der Waals surface area contributed by atoms with Crippen LogP contribution < -0.4 is 19.5 Å². The molecule has 2 aromatic carbocycles. The number of hydrogen-bond acceptors (Lipinski definition) is 5.